The van der Waals surface area contributed by atoms with Crippen LogP contribution in [0.15, 0.2) is 47.9 Å². The van der Waals surface area contributed by atoms with Crippen LogP contribution in [0.5, 0.6) is 11.5 Å². The molecule has 0 spiro atoms. The summed E-state index contributed by atoms with van der Waals surface area (Å²) in [5, 5.41) is 24.8. The van der Waals surface area contributed by atoms with Crippen molar-refractivity contribution in [3.05, 3.63) is 65.5 Å². The van der Waals surface area contributed by atoms with Crippen LogP contribution >= 0.6 is 10.2 Å². The van der Waals surface area contributed by atoms with Gasteiger partial charge in [-0.3, -0.25) is 5.14 Å². The molecule has 2 aromatic rings. The fourth-order valence-corrected chi connectivity index (χ4v) is 5.30. The molecule has 166 valence electrons. The monoisotopic (exact) mass is 462 g/mol. The van der Waals surface area contributed by atoms with Crippen LogP contribution in [0.4, 0.5) is 26.3 Å². The minimum atomic E-state index is -4.96. The Morgan fingerprint density at radius 3 is 2.58 bits per heavy atom. The second-order valence-corrected chi connectivity index (χ2v) is 9.70. The first-order chi connectivity index (χ1) is 14.3. The molecule has 3 rings (SSSR count). The van der Waals surface area contributed by atoms with E-state index in [1.807, 2.05) is 0 Å². The summed E-state index contributed by atoms with van der Waals surface area (Å²) in [7, 11) is -4.17. The summed E-state index contributed by atoms with van der Waals surface area (Å²) in [6, 6.07) is 6.54. The number of nitrogens with zero attached hydrogens (tertiary/aromatic N) is 1. The molecule has 0 saturated carbocycles. The number of aliphatic hydroxyl groups excluding tert-OH is 1. The first-order valence-corrected chi connectivity index (χ1v) is 10.6. The Hall–Kier alpha value is -2.68. The Morgan fingerprint density at radius 2 is 2.00 bits per heavy atom. The van der Waals surface area contributed by atoms with Crippen LogP contribution in [-0.2, 0) is 6.42 Å². The normalized spacial score (nSPS) is 20.3. The zero-order valence-electron chi connectivity index (χ0n) is 15.7. The van der Waals surface area contributed by atoms with Gasteiger partial charge in [0.1, 0.15) is 23.4 Å². The number of halogens is 6. The lowest BCUT2D eigenvalue weighted by molar-refractivity contribution is -0.0978. The van der Waals surface area contributed by atoms with E-state index in [1.54, 1.807) is 6.07 Å². The van der Waals surface area contributed by atoms with Crippen molar-refractivity contribution in [2.45, 2.75) is 28.9 Å². The number of aliphatic hydroxyl groups is 1. The maximum absolute atomic E-state index is 14.3. The number of nitrogens with two attached hydrogens (primary N) is 1. The van der Waals surface area contributed by atoms with Crippen molar-refractivity contribution in [2.75, 3.05) is 5.75 Å². The van der Waals surface area contributed by atoms with Crippen LogP contribution in [0.1, 0.15) is 22.8 Å². The van der Waals surface area contributed by atoms with Gasteiger partial charge in [-0.25, -0.2) is 13.2 Å². The number of hydrogen-bond acceptors (Lipinski definition) is 4. The van der Waals surface area contributed by atoms with E-state index in [0.717, 1.165) is 36.4 Å². The maximum atomic E-state index is 14.3. The number of fused-ring (bicyclic) bond motifs is 1. The van der Waals surface area contributed by atoms with Gasteiger partial charge >= 0.3 is 5.51 Å². The molecule has 0 bridgehead atoms. The van der Waals surface area contributed by atoms with Crippen LogP contribution in [0.25, 0.3) is 0 Å². The highest BCUT2D eigenvalue weighted by Crippen LogP contribution is 2.66. The van der Waals surface area contributed by atoms with E-state index in [-0.39, 0.29) is 22.6 Å². The topological polar surface area (TPSA) is 79.3 Å². The molecule has 0 aliphatic heterocycles. The molecule has 11 heteroatoms. The van der Waals surface area contributed by atoms with Crippen molar-refractivity contribution in [1.82, 2.24) is 0 Å². The Balaban J connectivity index is 2.20. The van der Waals surface area contributed by atoms with E-state index in [2.05, 4.69) is 6.58 Å². The largest absolute Gasteiger partial charge is 0.457 e. The molecule has 4 nitrogen and oxygen atoms in total. The summed E-state index contributed by atoms with van der Waals surface area (Å²) in [5.41, 5.74) is -6.09. The molecule has 0 amide bonds. The summed E-state index contributed by atoms with van der Waals surface area (Å²) >= 11 is 0. The van der Waals surface area contributed by atoms with E-state index < -0.39 is 56.2 Å². The molecular weight excluding hydrogens is 446 g/mol. The fraction of sp³-hybridized carbons (Fsp3) is 0.250. The fourth-order valence-electron chi connectivity index (χ4n) is 3.37. The summed E-state index contributed by atoms with van der Waals surface area (Å²) < 4.78 is 89.3. The van der Waals surface area contributed by atoms with Crippen molar-refractivity contribution in [2.24, 2.45) is 5.14 Å². The highest BCUT2D eigenvalue weighted by molar-refractivity contribution is 8.32. The van der Waals surface area contributed by atoms with Gasteiger partial charge < -0.3 is 9.84 Å². The molecule has 0 aromatic heterocycles. The van der Waals surface area contributed by atoms with E-state index in [1.165, 1.54) is 0 Å². The number of rotatable bonds is 5. The standard InChI is InChI=1S/C20H16F6N2O2S/c1-2-5-31(28,20(24,25)26)16-4-3-15(14-9-19(22,23)18(29)17(14)16)30-13-7-11(10-27)6-12(21)8-13/h2-4,6-8,18,29H,1,5,9,28H2. The Labute approximate surface area is 175 Å². The summed E-state index contributed by atoms with van der Waals surface area (Å²) in [6.07, 6.45) is -2.70. The lowest BCUT2D eigenvalue weighted by atomic mass is 10.1. The Kier molecular flexibility index (Phi) is 5.77. The van der Waals surface area contributed by atoms with Gasteiger partial charge in [0, 0.05) is 34.3 Å². The molecule has 1 aliphatic rings. The van der Waals surface area contributed by atoms with Crippen LogP contribution in [0, 0.1) is 17.1 Å². The van der Waals surface area contributed by atoms with Gasteiger partial charge in [-0.2, -0.15) is 18.4 Å². The molecule has 0 heterocycles. The molecule has 2 unspecified atom stereocenters. The smallest absolute Gasteiger partial charge is 0.441 e. The molecule has 0 radical (unpaired) electrons. The van der Waals surface area contributed by atoms with Crippen LogP contribution in [-0.4, -0.2) is 22.3 Å². The summed E-state index contributed by atoms with van der Waals surface area (Å²) in [4.78, 5) is -0.649. The maximum Gasteiger partial charge on any atom is 0.441 e. The van der Waals surface area contributed by atoms with Gasteiger partial charge in [0.2, 0.25) is 0 Å². The number of hydrogen-bond donors (Lipinski definition) is 2. The Bertz CT molecular complexity index is 1080. The van der Waals surface area contributed by atoms with Crippen molar-refractivity contribution in [1.29, 1.82) is 5.26 Å². The number of benzene rings is 2. The first kappa shape index (κ1) is 23.0. The van der Waals surface area contributed by atoms with Crippen molar-refractivity contribution < 1.29 is 36.2 Å². The third-order valence-corrected chi connectivity index (χ3v) is 7.50. The number of alkyl halides is 5. The third kappa shape index (κ3) is 3.98. The van der Waals surface area contributed by atoms with E-state index in [0.29, 0.717) is 0 Å². The lowest BCUT2D eigenvalue weighted by Crippen LogP contribution is -2.31. The average molecular weight is 462 g/mol. The second-order valence-electron chi connectivity index (χ2n) is 6.88. The van der Waals surface area contributed by atoms with Crippen molar-refractivity contribution >= 4 is 10.2 Å². The van der Waals surface area contributed by atoms with E-state index in [9.17, 15) is 31.4 Å². The minimum absolute atomic E-state index is 0.109. The molecule has 2 atom stereocenters. The van der Waals surface area contributed by atoms with Crippen LogP contribution in [0.3, 0.4) is 0 Å². The van der Waals surface area contributed by atoms with Gasteiger partial charge in [0.15, 0.2) is 0 Å². The zero-order valence-corrected chi connectivity index (χ0v) is 16.5. The number of nitriles is 1. The van der Waals surface area contributed by atoms with Crippen molar-refractivity contribution in [3.8, 4) is 17.6 Å². The molecular formula is C20H16F6N2O2S. The van der Waals surface area contributed by atoms with Crippen molar-refractivity contribution in [3.63, 3.8) is 0 Å². The van der Waals surface area contributed by atoms with Gasteiger partial charge in [-0.05, 0) is 24.3 Å². The quantitative estimate of drug-likeness (QED) is 0.457. The third-order valence-electron chi connectivity index (χ3n) is 4.77. The first-order valence-electron chi connectivity index (χ1n) is 8.70. The van der Waals surface area contributed by atoms with Gasteiger partial charge in [0.25, 0.3) is 5.92 Å². The second kappa shape index (κ2) is 7.78. The lowest BCUT2D eigenvalue weighted by Gasteiger charge is -2.38. The number of ether oxygens (including phenoxy) is 1. The molecule has 2 aromatic carbocycles. The van der Waals surface area contributed by atoms with Gasteiger partial charge in [-0.15, -0.1) is 6.58 Å². The SMILES string of the molecule is C=CCS(N)(c1ccc(Oc2cc(F)cc(C#N)c2)c2c1C(O)C(F)(F)C2)C(F)(F)F. The predicted octanol–water partition coefficient (Wildman–Crippen LogP) is 5.46. The predicted molar refractivity (Wildman–Crippen MR) is 102 cm³/mol. The highest BCUT2D eigenvalue weighted by Gasteiger charge is 2.55. The summed E-state index contributed by atoms with van der Waals surface area (Å²) in [5.74, 6) is -5.86. The molecule has 1 aliphatic carbocycles. The summed E-state index contributed by atoms with van der Waals surface area (Å²) in [6.45, 7) is 3.27. The van der Waals surface area contributed by atoms with Crippen LogP contribution in [0.2, 0.25) is 0 Å². The van der Waals surface area contributed by atoms with E-state index in [4.69, 9.17) is 15.1 Å². The van der Waals surface area contributed by atoms with Gasteiger partial charge in [-0.1, -0.05) is 16.3 Å². The average Bonchev–Trinajstić information content (AvgIpc) is 2.91. The molecule has 0 saturated heterocycles. The van der Waals surface area contributed by atoms with E-state index >= 15 is 0 Å². The molecule has 31 heavy (non-hydrogen) atoms. The zero-order chi connectivity index (χ0) is 23.2. The molecule has 0 fully saturated rings. The Morgan fingerprint density at radius 1 is 1.32 bits per heavy atom. The van der Waals surface area contributed by atoms with Crippen LogP contribution < -0.4 is 9.88 Å². The van der Waals surface area contributed by atoms with Gasteiger partial charge in [0.05, 0.1) is 11.6 Å². The molecule has 3 N–H and O–H groups in total. The minimum Gasteiger partial charge on any atom is -0.457 e. The highest BCUT2D eigenvalue weighted by atomic mass is 32.3.